The van der Waals surface area contributed by atoms with Crippen LogP contribution in [0.2, 0.25) is 0 Å². The van der Waals surface area contributed by atoms with Crippen molar-refractivity contribution in [3.05, 3.63) is 90.5 Å². The van der Waals surface area contributed by atoms with E-state index in [9.17, 15) is 9.59 Å². The SMILES string of the molecule is COc1ccc(C(=O)CC2SC(=Nc3ccccc3)N(c3ccccc3)C2=O)cc1. The Labute approximate surface area is 179 Å². The summed E-state index contributed by atoms with van der Waals surface area (Å²) in [5.74, 6) is 0.464. The second-order valence-electron chi connectivity index (χ2n) is 6.70. The molecule has 1 saturated heterocycles. The van der Waals surface area contributed by atoms with Crippen molar-refractivity contribution >= 4 is 40.0 Å². The van der Waals surface area contributed by atoms with Gasteiger partial charge in [0.25, 0.3) is 0 Å². The van der Waals surface area contributed by atoms with E-state index >= 15 is 0 Å². The van der Waals surface area contributed by atoms with Gasteiger partial charge in [-0.15, -0.1) is 0 Å². The van der Waals surface area contributed by atoms with Gasteiger partial charge in [-0.2, -0.15) is 0 Å². The molecule has 0 aliphatic carbocycles. The van der Waals surface area contributed by atoms with Crippen molar-refractivity contribution in [2.45, 2.75) is 11.7 Å². The third kappa shape index (κ3) is 4.28. The lowest BCUT2D eigenvalue weighted by Gasteiger charge is -2.16. The minimum absolute atomic E-state index is 0.0857. The van der Waals surface area contributed by atoms with Crippen molar-refractivity contribution in [3.63, 3.8) is 0 Å². The van der Waals surface area contributed by atoms with Crippen molar-refractivity contribution in [2.75, 3.05) is 12.0 Å². The number of aliphatic imine (C=N–C) groups is 1. The second-order valence-corrected chi connectivity index (χ2v) is 7.87. The minimum atomic E-state index is -0.526. The Morgan fingerprint density at radius 1 is 0.967 bits per heavy atom. The molecular formula is C24H20N2O3S. The Balaban J connectivity index is 1.61. The quantitative estimate of drug-likeness (QED) is 0.524. The third-order valence-corrected chi connectivity index (χ3v) is 5.85. The minimum Gasteiger partial charge on any atom is -0.497 e. The molecule has 1 amide bonds. The third-order valence-electron chi connectivity index (χ3n) is 4.71. The van der Waals surface area contributed by atoms with E-state index in [4.69, 9.17) is 4.74 Å². The Morgan fingerprint density at radius 3 is 2.23 bits per heavy atom. The Bertz CT molecular complexity index is 1070. The van der Waals surface area contributed by atoms with Gasteiger partial charge >= 0.3 is 0 Å². The molecule has 3 aromatic carbocycles. The largest absolute Gasteiger partial charge is 0.497 e. The molecule has 1 heterocycles. The number of Topliss-reactive ketones (excluding diaryl/α,β-unsaturated/α-hetero) is 1. The standard InChI is InChI=1S/C24H20N2O3S/c1-29-20-14-12-17(13-15-20)21(27)16-22-23(28)26(19-10-6-3-7-11-19)24(30-22)25-18-8-4-2-5-9-18/h2-15,22H,16H2,1H3. The Kier molecular flexibility index (Phi) is 5.95. The number of amidine groups is 1. The van der Waals surface area contributed by atoms with Crippen LogP contribution in [0.5, 0.6) is 5.75 Å². The molecule has 4 rings (SSSR count). The van der Waals surface area contributed by atoms with Crippen molar-refractivity contribution in [2.24, 2.45) is 4.99 Å². The molecule has 0 radical (unpaired) electrons. The molecular weight excluding hydrogens is 396 g/mol. The second kappa shape index (κ2) is 8.97. The molecule has 0 aromatic heterocycles. The van der Waals surface area contributed by atoms with E-state index in [0.717, 1.165) is 11.4 Å². The average molecular weight is 417 g/mol. The first-order valence-electron chi connectivity index (χ1n) is 9.52. The van der Waals surface area contributed by atoms with Gasteiger partial charge in [-0.25, -0.2) is 4.99 Å². The van der Waals surface area contributed by atoms with E-state index in [2.05, 4.69) is 4.99 Å². The number of carbonyl (C=O) groups excluding carboxylic acids is 2. The number of hydrogen-bond donors (Lipinski definition) is 0. The summed E-state index contributed by atoms with van der Waals surface area (Å²) in [6, 6.07) is 25.8. The summed E-state index contributed by atoms with van der Waals surface area (Å²) in [4.78, 5) is 32.3. The molecule has 3 aromatic rings. The van der Waals surface area contributed by atoms with Gasteiger partial charge in [0, 0.05) is 12.0 Å². The van der Waals surface area contributed by atoms with Gasteiger partial charge in [-0.1, -0.05) is 48.2 Å². The molecule has 1 aliphatic heterocycles. The molecule has 1 atom stereocenters. The lowest BCUT2D eigenvalue weighted by atomic mass is 10.1. The summed E-state index contributed by atoms with van der Waals surface area (Å²) in [7, 11) is 1.58. The smallest absolute Gasteiger partial charge is 0.247 e. The predicted octanol–water partition coefficient (Wildman–Crippen LogP) is 5.10. The molecule has 5 nitrogen and oxygen atoms in total. The Hall–Kier alpha value is -3.38. The number of thioether (sulfide) groups is 1. The van der Waals surface area contributed by atoms with Gasteiger partial charge in [-0.3, -0.25) is 14.5 Å². The number of carbonyl (C=O) groups is 2. The lowest BCUT2D eigenvalue weighted by molar-refractivity contribution is -0.116. The molecule has 0 N–H and O–H groups in total. The topological polar surface area (TPSA) is 59.0 Å². The van der Waals surface area contributed by atoms with E-state index < -0.39 is 5.25 Å². The number of hydrogen-bond acceptors (Lipinski definition) is 5. The fraction of sp³-hybridized carbons (Fsp3) is 0.125. The zero-order chi connectivity index (χ0) is 20.9. The van der Waals surface area contributed by atoms with E-state index in [1.165, 1.54) is 11.8 Å². The van der Waals surface area contributed by atoms with E-state index in [-0.39, 0.29) is 18.1 Å². The van der Waals surface area contributed by atoms with Crippen molar-refractivity contribution in [3.8, 4) is 5.75 Å². The maximum atomic E-state index is 13.2. The zero-order valence-electron chi connectivity index (χ0n) is 16.4. The van der Waals surface area contributed by atoms with Crippen LogP contribution in [-0.2, 0) is 4.79 Å². The number of rotatable bonds is 6. The normalized spacial score (nSPS) is 17.4. The maximum Gasteiger partial charge on any atom is 0.247 e. The highest BCUT2D eigenvalue weighted by Gasteiger charge is 2.40. The summed E-state index contributed by atoms with van der Waals surface area (Å²) in [5.41, 5.74) is 2.06. The highest BCUT2D eigenvalue weighted by atomic mass is 32.2. The number of amides is 1. The molecule has 1 unspecified atom stereocenters. The monoisotopic (exact) mass is 416 g/mol. The van der Waals surface area contributed by atoms with Crippen LogP contribution < -0.4 is 9.64 Å². The van der Waals surface area contributed by atoms with E-state index in [1.807, 2.05) is 60.7 Å². The molecule has 6 heteroatoms. The first-order chi connectivity index (χ1) is 14.7. The first kappa shape index (κ1) is 19.9. The fourth-order valence-corrected chi connectivity index (χ4v) is 4.32. The number of methoxy groups -OCH3 is 1. The summed E-state index contributed by atoms with van der Waals surface area (Å²) in [5, 5.41) is 0.0483. The maximum absolute atomic E-state index is 13.2. The van der Waals surface area contributed by atoms with Gasteiger partial charge in [0.15, 0.2) is 11.0 Å². The fourth-order valence-electron chi connectivity index (χ4n) is 3.16. The number of ketones is 1. The van der Waals surface area contributed by atoms with Crippen molar-refractivity contribution in [1.82, 2.24) is 0 Å². The molecule has 0 bridgehead atoms. The van der Waals surface area contributed by atoms with Crippen LogP contribution >= 0.6 is 11.8 Å². The molecule has 0 spiro atoms. The molecule has 150 valence electrons. The summed E-state index contributed by atoms with van der Waals surface area (Å²) in [6.45, 7) is 0. The van der Waals surface area contributed by atoms with Crippen LogP contribution in [0.1, 0.15) is 16.8 Å². The van der Waals surface area contributed by atoms with Crippen LogP contribution in [0.3, 0.4) is 0 Å². The van der Waals surface area contributed by atoms with Crippen molar-refractivity contribution < 1.29 is 14.3 Å². The average Bonchev–Trinajstić information content (AvgIpc) is 3.09. The molecule has 1 fully saturated rings. The Morgan fingerprint density at radius 2 is 1.60 bits per heavy atom. The van der Waals surface area contributed by atoms with Crippen LogP contribution in [-0.4, -0.2) is 29.2 Å². The zero-order valence-corrected chi connectivity index (χ0v) is 17.2. The highest BCUT2D eigenvalue weighted by molar-refractivity contribution is 8.16. The van der Waals surface area contributed by atoms with E-state index in [0.29, 0.717) is 16.5 Å². The summed E-state index contributed by atoms with van der Waals surface area (Å²) >= 11 is 1.33. The molecule has 0 saturated carbocycles. The van der Waals surface area contributed by atoms with Gasteiger partial charge in [0.1, 0.15) is 5.75 Å². The van der Waals surface area contributed by atoms with Gasteiger partial charge in [0.2, 0.25) is 5.91 Å². The van der Waals surface area contributed by atoms with Gasteiger partial charge in [-0.05, 0) is 48.5 Å². The lowest BCUT2D eigenvalue weighted by Crippen LogP contribution is -2.32. The van der Waals surface area contributed by atoms with Crippen LogP contribution in [0.25, 0.3) is 0 Å². The molecule has 1 aliphatic rings. The van der Waals surface area contributed by atoms with Crippen LogP contribution in [0.4, 0.5) is 11.4 Å². The highest BCUT2D eigenvalue weighted by Crippen LogP contribution is 2.35. The number of benzene rings is 3. The van der Waals surface area contributed by atoms with Gasteiger partial charge in [0.05, 0.1) is 23.7 Å². The number of para-hydroxylation sites is 2. The van der Waals surface area contributed by atoms with Crippen molar-refractivity contribution in [1.29, 1.82) is 0 Å². The molecule has 30 heavy (non-hydrogen) atoms. The number of nitrogens with zero attached hydrogens (tertiary/aromatic N) is 2. The van der Waals surface area contributed by atoms with E-state index in [1.54, 1.807) is 36.3 Å². The van der Waals surface area contributed by atoms with Crippen LogP contribution in [0, 0.1) is 0 Å². The van der Waals surface area contributed by atoms with Gasteiger partial charge < -0.3 is 4.74 Å². The number of ether oxygens (including phenoxy) is 1. The van der Waals surface area contributed by atoms with Crippen LogP contribution in [0.15, 0.2) is 89.9 Å². The first-order valence-corrected chi connectivity index (χ1v) is 10.4. The number of anilines is 1. The predicted molar refractivity (Wildman–Crippen MR) is 121 cm³/mol. The summed E-state index contributed by atoms with van der Waals surface area (Å²) in [6.07, 6.45) is 0.104. The summed E-state index contributed by atoms with van der Waals surface area (Å²) < 4.78 is 5.14.